The molecule has 2 aromatic rings. The highest BCUT2D eigenvalue weighted by molar-refractivity contribution is 5.81. The number of carbonyl (C=O) groups is 1. The number of benzene rings is 1. The molecule has 4 N–H and O–H groups in total. The monoisotopic (exact) mass is 248 g/mol. The Kier molecular flexibility index (Phi) is 3.20. The number of nitrogens with zero attached hydrogens (tertiary/aromatic N) is 4. The number of carbonyl (C=O) groups excluding carboxylic acids is 1. The number of tetrazole rings is 1. The SMILES string of the molecule is COc1ccc(C(N)C(N)=O)cc1-n1cnnn1. The number of nitrogens with two attached hydrogens (primary N) is 2. The summed E-state index contributed by atoms with van der Waals surface area (Å²) in [6, 6.07) is 4.12. The number of ether oxygens (including phenoxy) is 1. The van der Waals surface area contributed by atoms with Crippen molar-refractivity contribution in [2.75, 3.05) is 7.11 Å². The van der Waals surface area contributed by atoms with E-state index in [1.165, 1.54) is 18.1 Å². The lowest BCUT2D eigenvalue weighted by atomic mass is 10.1. The van der Waals surface area contributed by atoms with E-state index in [4.69, 9.17) is 16.2 Å². The fourth-order valence-electron chi connectivity index (χ4n) is 1.52. The van der Waals surface area contributed by atoms with Crippen molar-refractivity contribution in [2.45, 2.75) is 6.04 Å². The highest BCUT2D eigenvalue weighted by atomic mass is 16.5. The number of amides is 1. The van der Waals surface area contributed by atoms with E-state index >= 15 is 0 Å². The number of primary amides is 1. The summed E-state index contributed by atoms with van der Waals surface area (Å²) in [6.07, 6.45) is 1.41. The molecule has 1 aromatic carbocycles. The molecule has 8 heteroatoms. The van der Waals surface area contributed by atoms with Gasteiger partial charge in [0, 0.05) is 0 Å². The topological polar surface area (TPSA) is 122 Å². The van der Waals surface area contributed by atoms with Crippen molar-refractivity contribution in [1.82, 2.24) is 20.2 Å². The second-order valence-electron chi connectivity index (χ2n) is 3.57. The van der Waals surface area contributed by atoms with Crippen LogP contribution in [0.3, 0.4) is 0 Å². The summed E-state index contributed by atoms with van der Waals surface area (Å²) in [5.74, 6) is -0.0504. The van der Waals surface area contributed by atoms with Crippen LogP contribution in [-0.2, 0) is 4.79 Å². The van der Waals surface area contributed by atoms with Crippen LogP contribution >= 0.6 is 0 Å². The van der Waals surface area contributed by atoms with Gasteiger partial charge in [-0.15, -0.1) is 5.10 Å². The van der Waals surface area contributed by atoms with Gasteiger partial charge < -0.3 is 16.2 Å². The molecule has 0 aliphatic heterocycles. The van der Waals surface area contributed by atoms with Crippen LogP contribution in [0.5, 0.6) is 5.75 Å². The van der Waals surface area contributed by atoms with Crippen molar-refractivity contribution < 1.29 is 9.53 Å². The van der Waals surface area contributed by atoms with Crippen molar-refractivity contribution in [2.24, 2.45) is 11.5 Å². The number of aromatic nitrogens is 4. The number of methoxy groups -OCH3 is 1. The van der Waals surface area contributed by atoms with Crippen molar-refractivity contribution in [3.8, 4) is 11.4 Å². The first-order valence-electron chi connectivity index (χ1n) is 5.09. The Labute approximate surface area is 103 Å². The minimum absolute atomic E-state index is 0.558. The summed E-state index contributed by atoms with van der Waals surface area (Å²) in [7, 11) is 1.52. The van der Waals surface area contributed by atoms with Crippen molar-refractivity contribution in [3.05, 3.63) is 30.1 Å². The zero-order chi connectivity index (χ0) is 13.1. The largest absolute Gasteiger partial charge is 0.494 e. The van der Waals surface area contributed by atoms with Gasteiger partial charge in [-0.2, -0.15) is 4.68 Å². The summed E-state index contributed by atoms with van der Waals surface area (Å²) >= 11 is 0. The molecule has 0 spiro atoms. The van der Waals surface area contributed by atoms with Crippen molar-refractivity contribution >= 4 is 5.91 Å². The van der Waals surface area contributed by atoms with Crippen molar-refractivity contribution in [3.63, 3.8) is 0 Å². The van der Waals surface area contributed by atoms with Crippen LogP contribution in [0.1, 0.15) is 11.6 Å². The van der Waals surface area contributed by atoms with E-state index in [9.17, 15) is 4.79 Å². The summed E-state index contributed by atoms with van der Waals surface area (Å²) in [6.45, 7) is 0. The summed E-state index contributed by atoms with van der Waals surface area (Å²) in [5.41, 5.74) is 12.0. The van der Waals surface area contributed by atoms with E-state index in [2.05, 4.69) is 15.5 Å². The molecule has 1 amide bonds. The quantitative estimate of drug-likeness (QED) is 0.727. The smallest absolute Gasteiger partial charge is 0.238 e. The normalized spacial score (nSPS) is 12.1. The van der Waals surface area contributed by atoms with Gasteiger partial charge in [0.15, 0.2) is 0 Å². The first kappa shape index (κ1) is 12.0. The molecule has 0 bridgehead atoms. The molecule has 1 aromatic heterocycles. The summed E-state index contributed by atoms with van der Waals surface area (Å²) < 4.78 is 6.60. The lowest BCUT2D eigenvalue weighted by molar-refractivity contribution is -0.119. The maximum atomic E-state index is 11.1. The number of hydrogen-bond acceptors (Lipinski definition) is 6. The minimum atomic E-state index is -0.883. The molecule has 0 aliphatic carbocycles. The number of rotatable bonds is 4. The highest BCUT2D eigenvalue weighted by Gasteiger charge is 2.15. The van der Waals surface area contributed by atoms with Gasteiger partial charge >= 0.3 is 0 Å². The standard InChI is InChI=1S/C10H12N6O2/c1-18-8-3-2-6(9(11)10(12)17)4-7(8)16-5-13-14-15-16/h2-5,9H,11H2,1H3,(H2,12,17). The van der Waals surface area contributed by atoms with E-state index in [0.29, 0.717) is 17.0 Å². The Morgan fingerprint density at radius 1 is 1.50 bits per heavy atom. The molecular weight excluding hydrogens is 236 g/mol. The number of hydrogen-bond donors (Lipinski definition) is 2. The first-order valence-corrected chi connectivity index (χ1v) is 5.09. The molecule has 18 heavy (non-hydrogen) atoms. The van der Waals surface area contributed by atoms with Crippen LogP contribution in [0.15, 0.2) is 24.5 Å². The second-order valence-corrected chi connectivity index (χ2v) is 3.57. The molecule has 0 fully saturated rings. The van der Waals surface area contributed by atoms with Gasteiger partial charge in [0.1, 0.15) is 23.8 Å². The molecule has 0 saturated carbocycles. The van der Waals surface area contributed by atoms with Gasteiger partial charge in [-0.3, -0.25) is 4.79 Å². The third-order valence-corrected chi connectivity index (χ3v) is 2.46. The molecule has 1 heterocycles. The van der Waals surface area contributed by atoms with Crippen molar-refractivity contribution in [1.29, 1.82) is 0 Å². The van der Waals surface area contributed by atoms with E-state index in [1.54, 1.807) is 18.2 Å². The van der Waals surface area contributed by atoms with Crippen LogP contribution in [0.4, 0.5) is 0 Å². The van der Waals surface area contributed by atoms with Gasteiger partial charge in [-0.05, 0) is 28.1 Å². The lowest BCUT2D eigenvalue weighted by Gasteiger charge is -2.12. The molecular formula is C10H12N6O2. The molecule has 2 rings (SSSR count). The third-order valence-electron chi connectivity index (χ3n) is 2.46. The fourth-order valence-corrected chi connectivity index (χ4v) is 1.52. The third kappa shape index (κ3) is 2.13. The van der Waals surface area contributed by atoms with E-state index in [0.717, 1.165) is 0 Å². The average Bonchev–Trinajstić information content (AvgIpc) is 2.90. The molecule has 0 radical (unpaired) electrons. The average molecular weight is 248 g/mol. The fraction of sp³-hybridized carbons (Fsp3) is 0.200. The summed E-state index contributed by atoms with van der Waals surface area (Å²) in [5, 5.41) is 10.8. The van der Waals surface area contributed by atoms with E-state index in [-0.39, 0.29) is 0 Å². The highest BCUT2D eigenvalue weighted by Crippen LogP contribution is 2.25. The molecule has 8 nitrogen and oxygen atoms in total. The Hall–Kier alpha value is -2.48. The van der Waals surface area contributed by atoms with E-state index < -0.39 is 11.9 Å². The van der Waals surface area contributed by atoms with Gasteiger partial charge in [0.25, 0.3) is 0 Å². The Morgan fingerprint density at radius 3 is 2.83 bits per heavy atom. The van der Waals surface area contributed by atoms with Gasteiger partial charge in [-0.25, -0.2) is 0 Å². The summed E-state index contributed by atoms with van der Waals surface area (Å²) in [4.78, 5) is 11.1. The van der Waals surface area contributed by atoms with Gasteiger partial charge in [-0.1, -0.05) is 6.07 Å². The second kappa shape index (κ2) is 4.80. The van der Waals surface area contributed by atoms with Crippen LogP contribution in [0.25, 0.3) is 5.69 Å². The van der Waals surface area contributed by atoms with Crippen LogP contribution in [0, 0.1) is 0 Å². The zero-order valence-corrected chi connectivity index (χ0v) is 9.65. The van der Waals surface area contributed by atoms with Gasteiger partial charge in [0.05, 0.1) is 7.11 Å². The molecule has 1 atom stereocenters. The molecule has 94 valence electrons. The van der Waals surface area contributed by atoms with Crippen LogP contribution in [0.2, 0.25) is 0 Å². The zero-order valence-electron chi connectivity index (χ0n) is 9.65. The van der Waals surface area contributed by atoms with E-state index in [1.807, 2.05) is 0 Å². The Morgan fingerprint density at radius 2 is 2.28 bits per heavy atom. The molecule has 0 aliphatic rings. The minimum Gasteiger partial charge on any atom is -0.494 e. The molecule has 1 unspecified atom stereocenters. The van der Waals surface area contributed by atoms with Crippen LogP contribution in [-0.4, -0.2) is 33.2 Å². The maximum Gasteiger partial charge on any atom is 0.238 e. The first-order chi connectivity index (χ1) is 8.63. The predicted molar refractivity (Wildman–Crippen MR) is 61.8 cm³/mol. The van der Waals surface area contributed by atoms with Crippen LogP contribution < -0.4 is 16.2 Å². The Balaban J connectivity index is 2.49. The lowest BCUT2D eigenvalue weighted by Crippen LogP contribution is -2.28. The Bertz CT molecular complexity index is 554. The van der Waals surface area contributed by atoms with Gasteiger partial charge in [0.2, 0.25) is 5.91 Å². The predicted octanol–water partition coefficient (Wildman–Crippen LogP) is -0.844. The molecule has 0 saturated heterocycles. The maximum absolute atomic E-state index is 11.1.